The lowest BCUT2D eigenvalue weighted by Gasteiger charge is -2.13. The summed E-state index contributed by atoms with van der Waals surface area (Å²) in [7, 11) is 1.43. The molecule has 1 N–H and O–H groups in total. The van der Waals surface area contributed by atoms with E-state index in [9.17, 15) is 14.7 Å². The van der Waals surface area contributed by atoms with Crippen LogP contribution < -0.4 is 9.47 Å². The van der Waals surface area contributed by atoms with Crippen molar-refractivity contribution in [2.45, 2.75) is 0 Å². The summed E-state index contributed by atoms with van der Waals surface area (Å²) in [5.74, 6) is 0.478. The van der Waals surface area contributed by atoms with Gasteiger partial charge in [-0.05, 0) is 73.5 Å². The fourth-order valence-electron chi connectivity index (χ4n) is 2.48. The maximum absolute atomic E-state index is 12.6. The van der Waals surface area contributed by atoms with E-state index in [2.05, 4.69) is 31.9 Å². The average Bonchev–Trinajstić information content (AvgIpc) is 2.96. The zero-order chi connectivity index (χ0) is 20.3. The first kappa shape index (κ1) is 20.8. The molecule has 1 saturated heterocycles. The molecule has 2 amide bonds. The van der Waals surface area contributed by atoms with Crippen molar-refractivity contribution in [2.75, 3.05) is 20.3 Å². The smallest absolute Gasteiger partial charge is 0.293 e. The lowest BCUT2D eigenvalue weighted by Crippen LogP contribution is -2.32. The minimum absolute atomic E-state index is 0.0577. The van der Waals surface area contributed by atoms with Gasteiger partial charge in [-0.2, -0.15) is 0 Å². The molecular formula is C19H15Br2NO5S. The van der Waals surface area contributed by atoms with Crippen molar-refractivity contribution in [1.82, 2.24) is 4.90 Å². The Hall–Kier alpha value is -1.97. The molecule has 0 unspecified atom stereocenters. The molecule has 0 atom stereocenters. The van der Waals surface area contributed by atoms with Crippen LogP contribution in [0.4, 0.5) is 4.79 Å². The fraction of sp³-hybridized carbons (Fsp3) is 0.158. The Morgan fingerprint density at radius 2 is 1.89 bits per heavy atom. The predicted octanol–water partition coefficient (Wildman–Crippen LogP) is 5.04. The van der Waals surface area contributed by atoms with Crippen molar-refractivity contribution in [1.29, 1.82) is 0 Å². The van der Waals surface area contributed by atoms with E-state index in [0.29, 0.717) is 20.3 Å². The molecule has 1 aliphatic heterocycles. The lowest BCUT2D eigenvalue weighted by molar-refractivity contribution is -0.123. The number of thioether (sulfide) groups is 1. The summed E-state index contributed by atoms with van der Waals surface area (Å²) in [5, 5.41) is 9.67. The second-order valence-electron chi connectivity index (χ2n) is 5.64. The number of carbonyl (C=O) groups is 2. The molecule has 2 aromatic carbocycles. The Morgan fingerprint density at radius 3 is 2.57 bits per heavy atom. The summed E-state index contributed by atoms with van der Waals surface area (Å²) in [5.41, 5.74) is 0.590. The van der Waals surface area contributed by atoms with E-state index < -0.39 is 0 Å². The molecular weight excluding hydrogens is 514 g/mol. The highest BCUT2D eigenvalue weighted by atomic mass is 79.9. The van der Waals surface area contributed by atoms with Crippen LogP contribution >= 0.6 is 43.6 Å². The van der Waals surface area contributed by atoms with Crippen LogP contribution in [0.25, 0.3) is 6.08 Å². The van der Waals surface area contributed by atoms with Gasteiger partial charge >= 0.3 is 0 Å². The summed E-state index contributed by atoms with van der Waals surface area (Å²) >= 11 is 7.51. The van der Waals surface area contributed by atoms with Gasteiger partial charge in [0, 0.05) is 4.47 Å². The first-order chi connectivity index (χ1) is 13.4. The molecule has 0 radical (unpaired) electrons. The van der Waals surface area contributed by atoms with Crippen LogP contribution in [-0.2, 0) is 4.79 Å². The molecule has 1 fully saturated rings. The molecule has 0 saturated carbocycles. The van der Waals surface area contributed by atoms with Crippen LogP contribution in [-0.4, -0.2) is 41.4 Å². The Morgan fingerprint density at radius 1 is 1.18 bits per heavy atom. The number of carbonyl (C=O) groups excluding carboxylic acids is 2. The number of para-hydroxylation sites is 1. The summed E-state index contributed by atoms with van der Waals surface area (Å²) in [4.78, 5) is 26.3. The number of ether oxygens (including phenoxy) is 2. The van der Waals surface area contributed by atoms with Gasteiger partial charge in [-0.15, -0.1) is 0 Å². The van der Waals surface area contributed by atoms with Crippen molar-refractivity contribution in [3.63, 3.8) is 0 Å². The number of hydrogen-bond acceptors (Lipinski definition) is 6. The van der Waals surface area contributed by atoms with E-state index >= 15 is 0 Å². The van der Waals surface area contributed by atoms with Gasteiger partial charge in [0.1, 0.15) is 12.4 Å². The number of benzene rings is 2. The maximum Gasteiger partial charge on any atom is 0.293 e. The van der Waals surface area contributed by atoms with Crippen molar-refractivity contribution in [3.05, 3.63) is 55.8 Å². The Balaban J connectivity index is 1.75. The van der Waals surface area contributed by atoms with Crippen LogP contribution in [0.1, 0.15) is 5.56 Å². The summed E-state index contributed by atoms with van der Waals surface area (Å²) in [6.45, 7) is 0.359. The number of halogens is 2. The minimum Gasteiger partial charge on any atom is -0.503 e. The van der Waals surface area contributed by atoms with E-state index in [1.807, 2.05) is 18.2 Å². The van der Waals surface area contributed by atoms with E-state index in [-0.39, 0.29) is 40.7 Å². The third-order valence-electron chi connectivity index (χ3n) is 3.88. The van der Waals surface area contributed by atoms with Crippen molar-refractivity contribution in [3.8, 4) is 17.2 Å². The van der Waals surface area contributed by atoms with Crippen LogP contribution in [0, 0.1) is 0 Å². The Kier molecular flexibility index (Phi) is 6.69. The third-order valence-corrected chi connectivity index (χ3v) is 6.95. The highest BCUT2D eigenvalue weighted by molar-refractivity contribution is 9.13. The second kappa shape index (κ2) is 9.02. The molecule has 0 aliphatic carbocycles. The number of aromatic hydroxyl groups is 1. The summed E-state index contributed by atoms with van der Waals surface area (Å²) < 4.78 is 11.6. The number of imide groups is 1. The topological polar surface area (TPSA) is 76.1 Å². The lowest BCUT2D eigenvalue weighted by atomic mass is 10.2. The number of rotatable bonds is 6. The summed E-state index contributed by atoms with van der Waals surface area (Å²) in [6, 6.07) is 10.8. The molecule has 3 rings (SSSR count). The Labute approximate surface area is 182 Å². The zero-order valence-corrected chi connectivity index (χ0v) is 18.6. The number of amides is 2. The van der Waals surface area contributed by atoms with Gasteiger partial charge < -0.3 is 14.6 Å². The quantitative estimate of drug-likeness (QED) is 0.529. The Bertz CT molecular complexity index is 949. The minimum atomic E-state index is -0.387. The van der Waals surface area contributed by atoms with Crippen molar-refractivity contribution in [2.24, 2.45) is 0 Å². The van der Waals surface area contributed by atoms with Gasteiger partial charge in [-0.25, -0.2) is 0 Å². The van der Waals surface area contributed by atoms with Crippen LogP contribution in [0.2, 0.25) is 0 Å². The predicted molar refractivity (Wildman–Crippen MR) is 115 cm³/mol. The van der Waals surface area contributed by atoms with Gasteiger partial charge in [0.2, 0.25) is 0 Å². The van der Waals surface area contributed by atoms with Crippen molar-refractivity contribution >= 4 is 60.8 Å². The molecule has 2 aromatic rings. The fourth-order valence-corrected chi connectivity index (χ4v) is 4.17. The number of phenols is 1. The molecule has 146 valence electrons. The van der Waals surface area contributed by atoms with Gasteiger partial charge in [0.05, 0.1) is 23.0 Å². The highest BCUT2D eigenvalue weighted by Crippen LogP contribution is 2.43. The standard InChI is InChI=1S/C19H15Br2NO5S/c1-26-13-9-11(15(20)16(21)17(13)23)10-14-18(24)22(19(25)28-14)7-8-27-12-5-3-2-4-6-12/h2-6,9-10,23H,7-8H2,1H3/b14-10-. The first-order valence-corrected chi connectivity index (χ1v) is 10.5. The van der Waals surface area contributed by atoms with Crippen molar-refractivity contribution < 1.29 is 24.2 Å². The van der Waals surface area contributed by atoms with Gasteiger partial charge in [-0.1, -0.05) is 18.2 Å². The molecule has 0 bridgehead atoms. The molecule has 0 spiro atoms. The van der Waals surface area contributed by atoms with Crippen LogP contribution in [0.5, 0.6) is 17.2 Å². The molecule has 1 heterocycles. The van der Waals surface area contributed by atoms with Crippen LogP contribution in [0.3, 0.4) is 0 Å². The SMILES string of the molecule is COc1cc(/C=C2\SC(=O)N(CCOc3ccccc3)C2=O)c(Br)c(Br)c1O. The van der Waals surface area contributed by atoms with E-state index in [1.165, 1.54) is 7.11 Å². The maximum atomic E-state index is 12.6. The van der Waals surface area contributed by atoms with Crippen LogP contribution in [0.15, 0.2) is 50.2 Å². The van der Waals surface area contributed by atoms with E-state index in [4.69, 9.17) is 9.47 Å². The molecule has 0 aromatic heterocycles. The monoisotopic (exact) mass is 527 g/mol. The average molecular weight is 529 g/mol. The zero-order valence-electron chi connectivity index (χ0n) is 14.6. The normalized spacial score (nSPS) is 15.4. The number of nitrogens with zero attached hydrogens (tertiary/aromatic N) is 1. The molecule has 6 nitrogen and oxygen atoms in total. The number of hydrogen-bond donors (Lipinski definition) is 1. The second-order valence-corrected chi connectivity index (χ2v) is 8.22. The highest BCUT2D eigenvalue weighted by Gasteiger charge is 2.35. The van der Waals surface area contributed by atoms with Gasteiger partial charge in [0.15, 0.2) is 11.5 Å². The first-order valence-electron chi connectivity index (χ1n) is 8.10. The number of phenolic OH excluding ortho intramolecular Hbond substituents is 1. The van der Waals surface area contributed by atoms with Gasteiger partial charge in [0.25, 0.3) is 11.1 Å². The molecule has 1 aliphatic rings. The van der Waals surface area contributed by atoms with Gasteiger partial charge in [-0.3, -0.25) is 14.5 Å². The van der Waals surface area contributed by atoms with E-state index in [1.54, 1.807) is 24.3 Å². The third kappa shape index (κ3) is 4.37. The molecule has 9 heteroatoms. The van der Waals surface area contributed by atoms with E-state index in [0.717, 1.165) is 16.7 Å². The molecule has 28 heavy (non-hydrogen) atoms. The number of methoxy groups -OCH3 is 1. The summed E-state index contributed by atoms with van der Waals surface area (Å²) in [6.07, 6.45) is 1.58. The largest absolute Gasteiger partial charge is 0.503 e.